The molecule has 4 rings (SSSR count). The highest BCUT2D eigenvalue weighted by Crippen LogP contribution is 2.41. The number of nitrogens with zero attached hydrogens (tertiary/aromatic N) is 1. The van der Waals surface area contributed by atoms with Crippen molar-refractivity contribution in [3.63, 3.8) is 0 Å². The molecular weight excluding hydrogens is 504 g/mol. The van der Waals surface area contributed by atoms with E-state index in [9.17, 15) is 28.5 Å². The van der Waals surface area contributed by atoms with E-state index in [1.807, 2.05) is 24.3 Å². The topological polar surface area (TPSA) is 188 Å². The van der Waals surface area contributed by atoms with Crippen molar-refractivity contribution in [1.29, 1.82) is 0 Å². The van der Waals surface area contributed by atoms with E-state index in [2.05, 4.69) is 21.6 Å². The maximum absolute atomic E-state index is 12.9. The number of hydrogen-bond acceptors (Lipinski definition) is 9. The third-order valence-electron chi connectivity index (χ3n) is 6.13. The van der Waals surface area contributed by atoms with Crippen LogP contribution in [0.2, 0.25) is 0 Å². The molecule has 1 aliphatic heterocycles. The van der Waals surface area contributed by atoms with Crippen LogP contribution in [0.3, 0.4) is 0 Å². The van der Waals surface area contributed by atoms with Gasteiger partial charge in [-0.3, -0.25) is 9.79 Å². The highest BCUT2D eigenvalue weighted by atomic mass is 32.2. The average molecular weight is 529 g/mol. The van der Waals surface area contributed by atoms with Crippen LogP contribution in [0.1, 0.15) is 22.4 Å². The zero-order valence-corrected chi connectivity index (χ0v) is 20.7. The summed E-state index contributed by atoms with van der Waals surface area (Å²) in [5, 5.41) is 29.9. The largest absolute Gasteiger partial charge is 0.504 e. The monoisotopic (exact) mass is 528 g/mol. The molecule has 0 radical (unpaired) electrons. The molecule has 2 aliphatic rings. The van der Waals surface area contributed by atoms with Gasteiger partial charge in [0, 0.05) is 23.6 Å². The highest BCUT2D eigenvalue weighted by molar-refractivity contribution is 7.91. The van der Waals surface area contributed by atoms with Crippen molar-refractivity contribution < 1.29 is 28.5 Å². The average Bonchev–Trinajstić information content (AvgIpc) is 3.49. The van der Waals surface area contributed by atoms with Crippen LogP contribution in [0.4, 0.5) is 11.4 Å². The molecule has 4 unspecified atom stereocenters. The van der Waals surface area contributed by atoms with Crippen LogP contribution in [0.15, 0.2) is 45.6 Å². The molecule has 1 aliphatic carbocycles. The van der Waals surface area contributed by atoms with E-state index in [0.29, 0.717) is 4.88 Å². The molecule has 1 aromatic heterocycles. The Labute approximate surface area is 211 Å². The fraction of sp³-hybridized carbons (Fsp3) is 0.250. The van der Waals surface area contributed by atoms with E-state index in [-0.39, 0.29) is 51.0 Å². The Balaban J connectivity index is 1.52. The number of allylic oxidation sites excluding steroid dienone is 2. The lowest BCUT2D eigenvalue weighted by atomic mass is 9.83. The molecule has 188 valence electrons. The van der Waals surface area contributed by atoms with Crippen molar-refractivity contribution in [2.45, 2.75) is 29.6 Å². The zero-order chi connectivity index (χ0) is 26.2. The summed E-state index contributed by atoms with van der Waals surface area (Å²) in [6, 6.07) is 1.34. The van der Waals surface area contributed by atoms with Gasteiger partial charge in [0.25, 0.3) is 10.0 Å². The first-order chi connectivity index (χ1) is 17.0. The maximum atomic E-state index is 12.9. The number of aliphatic imine (C=N–C) groups is 1. The van der Waals surface area contributed by atoms with Crippen LogP contribution in [-0.2, 0) is 14.8 Å². The molecule has 10 nitrogen and oxygen atoms in total. The molecule has 4 atom stereocenters. The SMILES string of the molecule is Cc1c(N)c(N)c(C#Cc2ccc(S(=O)(=O)NC(CC3C=NC4C=CC=CC34)C(=O)O)s2)c(O)c1O. The number of carboxylic acid groups (broad SMARTS) is 1. The molecule has 2 heterocycles. The van der Waals surface area contributed by atoms with Gasteiger partial charge < -0.3 is 26.8 Å². The lowest BCUT2D eigenvalue weighted by molar-refractivity contribution is -0.139. The number of nitrogens with two attached hydrogens (primary N) is 2. The molecule has 0 saturated carbocycles. The van der Waals surface area contributed by atoms with Crippen LogP contribution in [0, 0.1) is 30.6 Å². The van der Waals surface area contributed by atoms with Gasteiger partial charge in [-0.2, -0.15) is 4.72 Å². The van der Waals surface area contributed by atoms with Crippen molar-refractivity contribution >= 4 is 44.9 Å². The Kier molecular flexibility index (Phi) is 6.81. The fourth-order valence-electron chi connectivity index (χ4n) is 4.07. The predicted octanol–water partition coefficient (Wildman–Crippen LogP) is 1.96. The molecule has 1 aromatic carbocycles. The number of carboxylic acids is 1. The number of thiophene rings is 1. The molecular formula is C24H24N4O6S2. The van der Waals surface area contributed by atoms with E-state index in [4.69, 9.17) is 11.5 Å². The van der Waals surface area contributed by atoms with Gasteiger partial charge in [0.05, 0.1) is 27.9 Å². The second kappa shape index (κ2) is 9.69. The van der Waals surface area contributed by atoms with Gasteiger partial charge >= 0.3 is 5.97 Å². The molecule has 0 fully saturated rings. The zero-order valence-electron chi connectivity index (χ0n) is 19.0. The summed E-state index contributed by atoms with van der Waals surface area (Å²) >= 11 is 0.817. The first-order valence-electron chi connectivity index (χ1n) is 10.8. The molecule has 0 bridgehead atoms. The number of sulfonamides is 1. The van der Waals surface area contributed by atoms with Crippen molar-refractivity contribution in [1.82, 2.24) is 4.72 Å². The van der Waals surface area contributed by atoms with Crippen molar-refractivity contribution in [2.24, 2.45) is 16.8 Å². The summed E-state index contributed by atoms with van der Waals surface area (Å²) in [7, 11) is -4.16. The molecule has 0 saturated heterocycles. The van der Waals surface area contributed by atoms with Gasteiger partial charge in [0.1, 0.15) is 10.3 Å². The summed E-state index contributed by atoms with van der Waals surface area (Å²) in [6.45, 7) is 1.49. The van der Waals surface area contributed by atoms with Crippen molar-refractivity contribution in [3.8, 4) is 23.3 Å². The minimum atomic E-state index is -4.16. The van der Waals surface area contributed by atoms with Gasteiger partial charge in [-0.25, -0.2) is 8.42 Å². The molecule has 0 amide bonds. The van der Waals surface area contributed by atoms with E-state index in [1.54, 1.807) is 6.21 Å². The van der Waals surface area contributed by atoms with Gasteiger partial charge in [0.15, 0.2) is 11.5 Å². The number of aliphatic carboxylic acids is 1. The molecule has 36 heavy (non-hydrogen) atoms. The lowest BCUT2D eigenvalue weighted by Gasteiger charge is -2.23. The van der Waals surface area contributed by atoms with E-state index < -0.39 is 33.5 Å². The number of nitrogen functional groups attached to an aromatic ring is 2. The number of rotatable bonds is 6. The summed E-state index contributed by atoms with van der Waals surface area (Å²) in [4.78, 5) is 16.6. The third kappa shape index (κ3) is 4.81. The quantitative estimate of drug-likeness (QED) is 0.142. The number of phenols is 2. The number of fused-ring (bicyclic) bond motifs is 1. The first kappa shape index (κ1) is 25.3. The van der Waals surface area contributed by atoms with E-state index in [1.165, 1.54) is 19.1 Å². The van der Waals surface area contributed by atoms with Gasteiger partial charge in [-0.15, -0.1) is 11.3 Å². The summed E-state index contributed by atoms with van der Waals surface area (Å²) in [5.41, 5.74) is 11.9. The van der Waals surface area contributed by atoms with Crippen LogP contribution >= 0.6 is 11.3 Å². The van der Waals surface area contributed by atoms with Crippen LogP contribution < -0.4 is 16.2 Å². The lowest BCUT2D eigenvalue weighted by Crippen LogP contribution is -2.42. The third-order valence-corrected chi connectivity index (χ3v) is 9.10. The number of hydrogen-bond donors (Lipinski definition) is 6. The van der Waals surface area contributed by atoms with Crippen molar-refractivity contribution in [3.05, 3.63) is 52.4 Å². The summed E-state index contributed by atoms with van der Waals surface area (Å²) in [5.74, 6) is 2.83. The predicted molar refractivity (Wildman–Crippen MR) is 138 cm³/mol. The Bertz CT molecular complexity index is 1450. The summed E-state index contributed by atoms with van der Waals surface area (Å²) in [6.07, 6.45) is 9.36. The summed E-state index contributed by atoms with van der Waals surface area (Å²) < 4.78 is 28.0. The Morgan fingerprint density at radius 2 is 1.89 bits per heavy atom. The molecule has 2 aromatic rings. The van der Waals surface area contributed by atoms with Gasteiger partial charge in [-0.1, -0.05) is 36.1 Å². The van der Waals surface area contributed by atoms with Gasteiger partial charge in [0.2, 0.25) is 0 Å². The van der Waals surface area contributed by atoms with Crippen molar-refractivity contribution in [2.75, 3.05) is 11.5 Å². The number of phenolic OH excluding ortho intramolecular Hbond substituents is 2. The minimum absolute atomic E-state index is 0.00772. The van der Waals surface area contributed by atoms with Crippen LogP contribution in [0.25, 0.3) is 0 Å². The second-order valence-corrected chi connectivity index (χ2v) is 11.5. The number of nitrogens with one attached hydrogen (secondary N) is 1. The number of benzene rings is 1. The maximum Gasteiger partial charge on any atom is 0.321 e. The minimum Gasteiger partial charge on any atom is -0.504 e. The Morgan fingerprint density at radius 1 is 1.17 bits per heavy atom. The Morgan fingerprint density at radius 3 is 2.61 bits per heavy atom. The number of aromatic hydroxyl groups is 2. The van der Waals surface area contributed by atoms with E-state index in [0.717, 1.165) is 11.3 Å². The van der Waals surface area contributed by atoms with Crippen LogP contribution in [0.5, 0.6) is 11.5 Å². The highest BCUT2D eigenvalue weighted by Gasteiger charge is 2.36. The van der Waals surface area contributed by atoms with Gasteiger partial charge in [-0.05, 0) is 25.5 Å². The molecule has 8 N–H and O–H groups in total. The number of anilines is 2. The fourth-order valence-corrected chi connectivity index (χ4v) is 6.45. The van der Waals surface area contributed by atoms with Crippen LogP contribution in [-0.4, -0.2) is 48.0 Å². The Hall–Kier alpha value is -3.79. The second-order valence-electron chi connectivity index (χ2n) is 8.44. The molecule has 12 heteroatoms. The smallest absolute Gasteiger partial charge is 0.321 e. The molecule has 0 spiro atoms. The standard InChI is InChI=1S/C24H24N4O6S2/c1-12-20(25)21(26)16(23(30)22(12)29)8-6-14-7-9-19(35-14)36(33,34)28-18(24(31)32)10-13-11-27-17-5-3-2-4-15(13)17/h2-5,7,9,11,13,15,17-18,28-30H,10,25-26H2,1H3,(H,31,32). The van der Waals surface area contributed by atoms with E-state index >= 15 is 0 Å². The first-order valence-corrected chi connectivity index (χ1v) is 13.1. The normalized spacial score (nSPS) is 21.1. The number of carbonyl (C=O) groups is 1.